The number of hydrogen-bond acceptors (Lipinski definition) is 3. The van der Waals surface area contributed by atoms with Gasteiger partial charge in [0.1, 0.15) is 0 Å². The van der Waals surface area contributed by atoms with Crippen molar-refractivity contribution in [2.45, 2.75) is 90.1 Å². The average Bonchev–Trinajstić information content (AvgIpc) is 2.98. The van der Waals surface area contributed by atoms with Crippen molar-refractivity contribution in [3.05, 3.63) is 24.0 Å². The fourth-order valence-corrected chi connectivity index (χ4v) is 3.89. The summed E-state index contributed by atoms with van der Waals surface area (Å²) in [7, 11) is 1.70. The maximum absolute atomic E-state index is 10.6. The molecule has 1 fully saturated rings. The van der Waals surface area contributed by atoms with Crippen LogP contribution in [0.15, 0.2) is 24.0 Å². The number of allylic oxidation sites excluding steroid dienone is 2. The largest absolute Gasteiger partial charge is 0.504 e. The molecule has 1 aliphatic carbocycles. The maximum Gasteiger partial charge on any atom is 0.303 e. The molecule has 0 aromatic rings. The van der Waals surface area contributed by atoms with Crippen LogP contribution in [0.4, 0.5) is 0 Å². The fraction of sp³-hybridized carbons (Fsp3) is 0.773. The second-order valence-electron chi connectivity index (χ2n) is 7.53. The van der Waals surface area contributed by atoms with Crippen molar-refractivity contribution in [1.82, 2.24) is 0 Å². The van der Waals surface area contributed by atoms with Crippen LogP contribution in [0.25, 0.3) is 0 Å². The summed E-state index contributed by atoms with van der Waals surface area (Å²) in [4.78, 5) is 10.6. The first-order valence-corrected chi connectivity index (χ1v) is 10.4. The minimum Gasteiger partial charge on any atom is -0.504 e. The lowest BCUT2D eigenvalue weighted by atomic mass is 9.87. The lowest BCUT2D eigenvalue weighted by Crippen LogP contribution is -2.09. The van der Waals surface area contributed by atoms with E-state index in [4.69, 9.17) is 9.84 Å². The van der Waals surface area contributed by atoms with E-state index in [0.29, 0.717) is 11.8 Å². The molecule has 0 unspecified atom stereocenters. The van der Waals surface area contributed by atoms with Gasteiger partial charge in [-0.25, -0.2) is 0 Å². The Balaban J connectivity index is 2.45. The van der Waals surface area contributed by atoms with Gasteiger partial charge in [-0.1, -0.05) is 57.6 Å². The molecular formula is C22H38O4. The van der Waals surface area contributed by atoms with Gasteiger partial charge in [0.15, 0.2) is 0 Å². The molecule has 150 valence electrons. The fourth-order valence-electron chi connectivity index (χ4n) is 3.89. The number of aliphatic hydroxyl groups excluding tert-OH is 1. The Labute approximate surface area is 159 Å². The molecule has 4 nitrogen and oxygen atoms in total. The van der Waals surface area contributed by atoms with Crippen LogP contribution >= 0.6 is 0 Å². The number of carboxylic acids is 1. The SMILES string of the molecule is CCCCC[C@H](O)C=C[C@H]1CCC(=COC)[C@@H]1CCCCCCC(=O)O. The zero-order valence-electron chi connectivity index (χ0n) is 16.7. The normalized spacial score (nSPS) is 23.0. The van der Waals surface area contributed by atoms with Crippen LogP contribution in [0.1, 0.15) is 84.0 Å². The van der Waals surface area contributed by atoms with Gasteiger partial charge in [-0.15, -0.1) is 0 Å². The lowest BCUT2D eigenvalue weighted by Gasteiger charge is -2.18. The zero-order chi connectivity index (χ0) is 19.2. The van der Waals surface area contributed by atoms with Gasteiger partial charge in [0.25, 0.3) is 0 Å². The summed E-state index contributed by atoms with van der Waals surface area (Å²) in [5.74, 6) is 0.276. The van der Waals surface area contributed by atoms with E-state index in [1.807, 2.05) is 12.3 Å². The number of hydrogen-bond donors (Lipinski definition) is 2. The third kappa shape index (κ3) is 9.42. The lowest BCUT2D eigenvalue weighted by molar-refractivity contribution is -0.137. The van der Waals surface area contributed by atoms with Gasteiger partial charge in [-0.2, -0.15) is 0 Å². The van der Waals surface area contributed by atoms with E-state index in [1.165, 1.54) is 18.4 Å². The molecule has 0 heterocycles. The molecule has 4 heteroatoms. The number of carboxylic acid groups (broad SMARTS) is 1. The Morgan fingerprint density at radius 1 is 1.23 bits per heavy atom. The molecule has 0 bridgehead atoms. The molecule has 0 amide bonds. The number of aliphatic hydroxyl groups is 1. The second-order valence-corrected chi connectivity index (χ2v) is 7.53. The molecule has 0 radical (unpaired) electrons. The van der Waals surface area contributed by atoms with Crippen molar-refractivity contribution in [3.63, 3.8) is 0 Å². The third-order valence-electron chi connectivity index (χ3n) is 5.37. The van der Waals surface area contributed by atoms with Crippen LogP contribution in [0.3, 0.4) is 0 Å². The van der Waals surface area contributed by atoms with Gasteiger partial charge in [-0.3, -0.25) is 4.79 Å². The molecule has 0 saturated heterocycles. The highest BCUT2D eigenvalue weighted by Crippen LogP contribution is 2.40. The quantitative estimate of drug-likeness (QED) is 0.243. The van der Waals surface area contributed by atoms with Gasteiger partial charge in [0.05, 0.1) is 19.5 Å². The van der Waals surface area contributed by atoms with E-state index in [2.05, 4.69) is 13.0 Å². The Kier molecular flexibility index (Phi) is 12.1. The van der Waals surface area contributed by atoms with Crippen molar-refractivity contribution in [2.24, 2.45) is 11.8 Å². The summed E-state index contributed by atoms with van der Waals surface area (Å²) < 4.78 is 5.27. The third-order valence-corrected chi connectivity index (χ3v) is 5.37. The number of unbranched alkanes of at least 4 members (excludes halogenated alkanes) is 5. The molecule has 1 aliphatic rings. The smallest absolute Gasteiger partial charge is 0.303 e. The van der Waals surface area contributed by atoms with Gasteiger partial charge in [-0.05, 0) is 49.5 Å². The van der Waals surface area contributed by atoms with Crippen LogP contribution in [-0.2, 0) is 9.53 Å². The first-order chi connectivity index (χ1) is 12.6. The summed E-state index contributed by atoms with van der Waals surface area (Å²) in [6, 6.07) is 0. The first-order valence-electron chi connectivity index (χ1n) is 10.4. The summed E-state index contributed by atoms with van der Waals surface area (Å²) >= 11 is 0. The van der Waals surface area contributed by atoms with E-state index in [-0.39, 0.29) is 12.5 Å². The van der Waals surface area contributed by atoms with Crippen LogP contribution in [0.2, 0.25) is 0 Å². The standard InChI is InChI=1S/C22H38O4/c1-3-4-7-10-20(23)16-15-18-13-14-19(17-26-2)21(18)11-8-5-6-9-12-22(24)25/h15-18,20-21,23H,3-14H2,1-2H3,(H,24,25)/t18-,20+,21-/m1/s1. The molecule has 26 heavy (non-hydrogen) atoms. The summed E-state index contributed by atoms with van der Waals surface area (Å²) in [5.41, 5.74) is 1.38. The number of rotatable bonds is 14. The van der Waals surface area contributed by atoms with Gasteiger partial charge < -0.3 is 14.9 Å². The summed E-state index contributed by atoms with van der Waals surface area (Å²) in [6.07, 6.45) is 17.6. The number of ether oxygens (including phenoxy) is 1. The predicted octanol–water partition coefficient (Wildman–Crippen LogP) is 5.47. The molecular weight excluding hydrogens is 328 g/mol. The zero-order valence-corrected chi connectivity index (χ0v) is 16.7. The van der Waals surface area contributed by atoms with Crippen LogP contribution in [-0.4, -0.2) is 29.4 Å². The average molecular weight is 367 g/mol. The highest BCUT2D eigenvalue weighted by molar-refractivity contribution is 5.66. The van der Waals surface area contributed by atoms with Crippen molar-refractivity contribution in [1.29, 1.82) is 0 Å². The summed E-state index contributed by atoms with van der Waals surface area (Å²) in [6.45, 7) is 2.18. The van der Waals surface area contributed by atoms with Gasteiger partial charge >= 0.3 is 5.97 Å². The molecule has 0 aromatic carbocycles. The Morgan fingerprint density at radius 3 is 2.69 bits per heavy atom. The van der Waals surface area contributed by atoms with Gasteiger partial charge in [0, 0.05) is 6.42 Å². The van der Waals surface area contributed by atoms with Gasteiger partial charge in [0.2, 0.25) is 0 Å². The van der Waals surface area contributed by atoms with E-state index >= 15 is 0 Å². The Hall–Kier alpha value is -1.29. The molecule has 0 aromatic heterocycles. The topological polar surface area (TPSA) is 66.8 Å². The second kappa shape index (κ2) is 13.9. The highest BCUT2D eigenvalue weighted by Gasteiger charge is 2.29. The van der Waals surface area contributed by atoms with Crippen molar-refractivity contribution < 1.29 is 19.7 Å². The molecule has 1 rings (SSSR count). The number of methoxy groups -OCH3 is 1. The molecule has 0 aliphatic heterocycles. The van der Waals surface area contributed by atoms with E-state index in [1.54, 1.807) is 7.11 Å². The Morgan fingerprint density at radius 2 is 2.00 bits per heavy atom. The Bertz CT molecular complexity index is 441. The van der Waals surface area contributed by atoms with Crippen LogP contribution < -0.4 is 0 Å². The maximum atomic E-state index is 10.6. The molecule has 0 spiro atoms. The van der Waals surface area contributed by atoms with Crippen LogP contribution in [0.5, 0.6) is 0 Å². The monoisotopic (exact) mass is 366 g/mol. The highest BCUT2D eigenvalue weighted by atomic mass is 16.5. The minimum atomic E-state index is -0.700. The number of carbonyl (C=O) groups is 1. The van der Waals surface area contributed by atoms with Crippen molar-refractivity contribution in [2.75, 3.05) is 7.11 Å². The molecule has 3 atom stereocenters. The van der Waals surface area contributed by atoms with E-state index in [0.717, 1.165) is 57.8 Å². The molecule has 1 saturated carbocycles. The van der Waals surface area contributed by atoms with E-state index < -0.39 is 5.97 Å². The van der Waals surface area contributed by atoms with Crippen molar-refractivity contribution >= 4 is 5.97 Å². The van der Waals surface area contributed by atoms with Crippen molar-refractivity contribution in [3.8, 4) is 0 Å². The first kappa shape index (κ1) is 22.8. The van der Waals surface area contributed by atoms with Crippen LogP contribution in [0, 0.1) is 11.8 Å². The molecule has 2 N–H and O–H groups in total. The summed E-state index contributed by atoms with van der Waals surface area (Å²) in [5, 5.41) is 18.8. The van der Waals surface area contributed by atoms with E-state index in [9.17, 15) is 9.90 Å². The minimum absolute atomic E-state index is 0.277. The predicted molar refractivity (Wildman–Crippen MR) is 106 cm³/mol. The number of aliphatic carboxylic acids is 1.